The SMILES string of the molecule is CC(=O)N[C@@H](Cc1ccsc1)[C@@H](O)CN[C@H]1CC(C)(C)Oc2ccc(Br)cc21. The number of thiophene rings is 1. The van der Waals surface area contributed by atoms with E-state index < -0.39 is 6.10 Å². The molecule has 7 heteroatoms. The van der Waals surface area contributed by atoms with E-state index in [2.05, 4.69) is 46.5 Å². The lowest BCUT2D eigenvalue weighted by Crippen LogP contribution is -2.49. The number of fused-ring (bicyclic) bond motifs is 1. The molecule has 2 heterocycles. The van der Waals surface area contributed by atoms with Crippen LogP contribution in [0, 0.1) is 0 Å². The maximum Gasteiger partial charge on any atom is 0.217 e. The molecule has 5 nitrogen and oxygen atoms in total. The summed E-state index contributed by atoms with van der Waals surface area (Å²) in [5, 5.41) is 21.2. The lowest BCUT2D eigenvalue weighted by molar-refractivity contribution is -0.120. The Balaban J connectivity index is 1.70. The van der Waals surface area contributed by atoms with E-state index in [0.29, 0.717) is 13.0 Å². The number of benzene rings is 1. The molecule has 0 fully saturated rings. The van der Waals surface area contributed by atoms with Crippen LogP contribution >= 0.6 is 27.3 Å². The molecule has 0 saturated heterocycles. The fourth-order valence-electron chi connectivity index (χ4n) is 3.62. The fraction of sp³-hybridized carbons (Fsp3) is 0.476. The van der Waals surface area contributed by atoms with Crippen molar-refractivity contribution in [3.8, 4) is 5.75 Å². The minimum atomic E-state index is -0.703. The number of nitrogens with one attached hydrogen (secondary N) is 2. The highest BCUT2D eigenvalue weighted by molar-refractivity contribution is 9.10. The molecular formula is C21H27BrN2O3S. The maximum atomic E-state index is 11.6. The third kappa shape index (κ3) is 5.56. The zero-order valence-corrected chi connectivity index (χ0v) is 18.8. The summed E-state index contributed by atoms with van der Waals surface area (Å²) in [5.41, 5.74) is 1.90. The van der Waals surface area contributed by atoms with Crippen LogP contribution < -0.4 is 15.4 Å². The van der Waals surface area contributed by atoms with E-state index >= 15 is 0 Å². The Hall–Kier alpha value is -1.41. The average Bonchev–Trinajstić information content (AvgIpc) is 3.11. The Labute approximate surface area is 178 Å². The number of ether oxygens (including phenoxy) is 1. The number of aliphatic hydroxyl groups is 1. The van der Waals surface area contributed by atoms with E-state index in [9.17, 15) is 9.90 Å². The third-order valence-corrected chi connectivity index (χ3v) is 6.12. The standard InChI is InChI=1S/C21H27BrN2O3S/c1-13(25)24-17(8-14-6-7-28-12-14)19(26)11-23-18-10-21(2,3)27-20-5-4-15(22)9-16(18)20/h4-7,9,12,17-19,23,26H,8,10-11H2,1-3H3,(H,24,25)/t17-,18-,19-/m0/s1. The number of carbonyl (C=O) groups is 1. The van der Waals surface area contributed by atoms with Gasteiger partial charge in [-0.1, -0.05) is 15.9 Å². The molecule has 1 aromatic heterocycles. The van der Waals surface area contributed by atoms with Gasteiger partial charge in [-0.25, -0.2) is 0 Å². The van der Waals surface area contributed by atoms with E-state index in [-0.39, 0.29) is 23.6 Å². The molecule has 0 bridgehead atoms. The summed E-state index contributed by atoms with van der Waals surface area (Å²) in [4.78, 5) is 11.6. The number of hydrogen-bond donors (Lipinski definition) is 3. The summed E-state index contributed by atoms with van der Waals surface area (Å²) in [5.74, 6) is 0.726. The zero-order valence-electron chi connectivity index (χ0n) is 16.4. The van der Waals surface area contributed by atoms with Gasteiger partial charge in [-0.2, -0.15) is 11.3 Å². The quantitative estimate of drug-likeness (QED) is 0.579. The first-order chi connectivity index (χ1) is 13.2. The van der Waals surface area contributed by atoms with Gasteiger partial charge < -0.3 is 20.5 Å². The predicted molar refractivity (Wildman–Crippen MR) is 116 cm³/mol. The zero-order chi connectivity index (χ0) is 20.3. The summed E-state index contributed by atoms with van der Waals surface area (Å²) < 4.78 is 7.10. The second-order valence-corrected chi connectivity index (χ2v) is 9.61. The van der Waals surface area contributed by atoms with Crippen LogP contribution in [0.5, 0.6) is 5.75 Å². The molecule has 1 aliphatic rings. The van der Waals surface area contributed by atoms with E-state index in [0.717, 1.165) is 27.8 Å². The van der Waals surface area contributed by atoms with Crippen LogP contribution in [0.2, 0.25) is 0 Å². The molecule has 0 aliphatic carbocycles. The summed E-state index contributed by atoms with van der Waals surface area (Å²) in [6.45, 7) is 6.00. The van der Waals surface area contributed by atoms with Gasteiger partial charge in [-0.05, 0) is 60.9 Å². The van der Waals surface area contributed by atoms with Crippen molar-refractivity contribution in [2.45, 2.75) is 57.4 Å². The molecule has 2 aromatic rings. The highest BCUT2D eigenvalue weighted by atomic mass is 79.9. The second kappa shape index (κ2) is 8.95. The van der Waals surface area contributed by atoms with E-state index in [1.54, 1.807) is 11.3 Å². The smallest absolute Gasteiger partial charge is 0.217 e. The lowest BCUT2D eigenvalue weighted by Gasteiger charge is -2.38. The van der Waals surface area contributed by atoms with Crippen molar-refractivity contribution >= 4 is 33.2 Å². The Kier molecular flexibility index (Phi) is 6.81. The summed E-state index contributed by atoms with van der Waals surface area (Å²) in [6, 6.07) is 7.75. The van der Waals surface area contributed by atoms with Gasteiger partial charge in [0.1, 0.15) is 11.4 Å². The van der Waals surface area contributed by atoms with Crippen LogP contribution in [-0.4, -0.2) is 35.3 Å². The molecule has 1 amide bonds. The number of aliphatic hydroxyl groups excluding tert-OH is 1. The molecule has 1 aromatic carbocycles. The monoisotopic (exact) mass is 466 g/mol. The number of carbonyl (C=O) groups excluding carboxylic acids is 1. The van der Waals surface area contributed by atoms with Crippen molar-refractivity contribution in [2.75, 3.05) is 6.54 Å². The molecule has 3 atom stereocenters. The van der Waals surface area contributed by atoms with Gasteiger partial charge in [0, 0.05) is 36.0 Å². The Bertz CT molecular complexity index is 810. The Morgan fingerprint density at radius 1 is 1.43 bits per heavy atom. The lowest BCUT2D eigenvalue weighted by atomic mass is 9.89. The highest BCUT2D eigenvalue weighted by Gasteiger charge is 2.34. The van der Waals surface area contributed by atoms with Gasteiger partial charge in [0.25, 0.3) is 0 Å². The van der Waals surface area contributed by atoms with Crippen LogP contribution in [0.4, 0.5) is 0 Å². The largest absolute Gasteiger partial charge is 0.487 e. The molecule has 0 unspecified atom stereocenters. The Morgan fingerprint density at radius 3 is 2.89 bits per heavy atom. The molecule has 3 N–H and O–H groups in total. The van der Waals surface area contributed by atoms with Crippen LogP contribution in [-0.2, 0) is 11.2 Å². The van der Waals surface area contributed by atoms with Crippen LogP contribution in [0.15, 0.2) is 39.5 Å². The minimum Gasteiger partial charge on any atom is -0.487 e. The molecule has 0 radical (unpaired) electrons. The van der Waals surface area contributed by atoms with Crippen LogP contribution in [0.1, 0.15) is 44.4 Å². The molecule has 0 saturated carbocycles. The highest BCUT2D eigenvalue weighted by Crippen LogP contribution is 2.40. The maximum absolute atomic E-state index is 11.6. The summed E-state index contributed by atoms with van der Waals surface area (Å²) in [6.07, 6.45) is 0.691. The van der Waals surface area contributed by atoms with E-state index in [1.165, 1.54) is 6.92 Å². The summed E-state index contributed by atoms with van der Waals surface area (Å²) in [7, 11) is 0. The van der Waals surface area contributed by atoms with Crippen molar-refractivity contribution < 1.29 is 14.6 Å². The molecule has 152 valence electrons. The van der Waals surface area contributed by atoms with Crippen LogP contribution in [0.3, 0.4) is 0 Å². The number of hydrogen-bond acceptors (Lipinski definition) is 5. The summed E-state index contributed by atoms with van der Waals surface area (Å²) >= 11 is 5.14. The molecule has 0 spiro atoms. The first-order valence-corrected chi connectivity index (χ1v) is 11.2. The van der Waals surface area contributed by atoms with Crippen molar-refractivity contribution in [1.29, 1.82) is 0 Å². The van der Waals surface area contributed by atoms with Crippen molar-refractivity contribution in [1.82, 2.24) is 10.6 Å². The number of amides is 1. The van der Waals surface area contributed by atoms with Gasteiger partial charge in [-0.3, -0.25) is 4.79 Å². The van der Waals surface area contributed by atoms with Gasteiger partial charge in [0.05, 0.1) is 12.1 Å². The molecule has 28 heavy (non-hydrogen) atoms. The predicted octanol–water partition coefficient (Wildman–Crippen LogP) is 3.81. The van der Waals surface area contributed by atoms with Crippen LogP contribution in [0.25, 0.3) is 0 Å². The van der Waals surface area contributed by atoms with Gasteiger partial charge in [0.2, 0.25) is 5.91 Å². The second-order valence-electron chi connectivity index (χ2n) is 7.92. The molecule has 3 rings (SSSR count). The number of rotatable bonds is 7. The Morgan fingerprint density at radius 2 is 2.21 bits per heavy atom. The van der Waals surface area contributed by atoms with E-state index in [4.69, 9.17) is 4.74 Å². The van der Waals surface area contributed by atoms with Crippen molar-refractivity contribution in [3.05, 3.63) is 50.6 Å². The first kappa shape index (κ1) is 21.3. The normalized spacial score (nSPS) is 20.0. The van der Waals surface area contributed by atoms with Gasteiger partial charge in [0.15, 0.2) is 0 Å². The average molecular weight is 467 g/mol. The van der Waals surface area contributed by atoms with Gasteiger partial charge >= 0.3 is 0 Å². The fourth-order valence-corrected chi connectivity index (χ4v) is 4.68. The van der Waals surface area contributed by atoms with Crippen molar-refractivity contribution in [3.63, 3.8) is 0 Å². The van der Waals surface area contributed by atoms with Gasteiger partial charge in [-0.15, -0.1) is 0 Å². The molecular weight excluding hydrogens is 440 g/mol. The number of halogens is 1. The minimum absolute atomic E-state index is 0.0602. The topological polar surface area (TPSA) is 70.6 Å². The third-order valence-electron chi connectivity index (χ3n) is 4.89. The van der Waals surface area contributed by atoms with Crippen molar-refractivity contribution in [2.24, 2.45) is 0 Å². The first-order valence-electron chi connectivity index (χ1n) is 9.41. The molecule has 1 aliphatic heterocycles. The van der Waals surface area contributed by atoms with E-state index in [1.807, 2.05) is 29.0 Å².